The van der Waals surface area contributed by atoms with E-state index in [0.717, 1.165) is 0 Å². The smallest absolute Gasteiger partial charge is 0.407 e. The lowest BCUT2D eigenvalue weighted by Gasteiger charge is -2.22. The molecule has 0 bridgehead atoms. The summed E-state index contributed by atoms with van der Waals surface area (Å²) in [6, 6.07) is 0. The number of carbonyl (C=O) groups is 1. The summed E-state index contributed by atoms with van der Waals surface area (Å²) in [7, 11) is 0. The van der Waals surface area contributed by atoms with E-state index in [1.807, 2.05) is 20.8 Å². The first-order valence-electron chi connectivity index (χ1n) is 4.27. The van der Waals surface area contributed by atoms with Crippen molar-refractivity contribution in [3.05, 3.63) is 0 Å². The van der Waals surface area contributed by atoms with Crippen LogP contribution in [0.15, 0.2) is 0 Å². The first-order valence-corrected chi connectivity index (χ1v) is 4.27. The Morgan fingerprint density at radius 1 is 1.31 bits per heavy atom. The second kappa shape index (κ2) is 3.96. The van der Waals surface area contributed by atoms with Gasteiger partial charge in [-0.2, -0.15) is 0 Å². The molecule has 0 atom stereocenters. The summed E-state index contributed by atoms with van der Waals surface area (Å²) < 4.78 is 4.78. The van der Waals surface area contributed by atoms with E-state index < -0.39 is 11.7 Å². The third-order valence-electron chi connectivity index (χ3n) is 1.03. The van der Waals surface area contributed by atoms with Crippen molar-refractivity contribution in [2.75, 3.05) is 6.61 Å². The molecule has 0 spiro atoms. The Kier molecular flexibility index (Phi) is 3.72. The molecule has 0 fully saturated rings. The number of rotatable bonds is 2. The highest BCUT2D eigenvalue weighted by atomic mass is 16.6. The summed E-state index contributed by atoms with van der Waals surface area (Å²) in [6.45, 7) is 8.73. The molecule has 0 rings (SSSR count). The Morgan fingerprint density at radius 2 is 1.77 bits per heavy atom. The maximum absolute atomic E-state index is 11.1. The predicted molar refractivity (Wildman–Crippen MR) is 50.5 cm³/mol. The minimum Gasteiger partial charge on any atom is -0.447 e. The monoisotopic (exact) mass is 189 g/mol. The molecule has 4 nitrogen and oxygen atoms in total. The molecule has 2 N–H and O–H groups in total. The van der Waals surface area contributed by atoms with Gasteiger partial charge in [0.1, 0.15) is 6.61 Å². The molecular weight excluding hydrogens is 170 g/mol. The van der Waals surface area contributed by atoms with Gasteiger partial charge >= 0.3 is 6.09 Å². The van der Waals surface area contributed by atoms with E-state index in [2.05, 4.69) is 5.32 Å². The molecule has 0 saturated carbocycles. The third kappa shape index (κ3) is 9.14. The van der Waals surface area contributed by atoms with Gasteiger partial charge in [-0.25, -0.2) is 4.79 Å². The molecule has 0 aliphatic heterocycles. The van der Waals surface area contributed by atoms with Crippen LogP contribution in [0.3, 0.4) is 0 Å². The lowest BCUT2D eigenvalue weighted by atomic mass is 10.1. The quantitative estimate of drug-likeness (QED) is 0.688. The van der Waals surface area contributed by atoms with Gasteiger partial charge < -0.3 is 15.2 Å². The van der Waals surface area contributed by atoms with Crippen LogP contribution in [0.4, 0.5) is 4.79 Å². The summed E-state index contributed by atoms with van der Waals surface area (Å²) in [5, 5.41) is 11.9. The molecule has 78 valence electrons. The molecule has 0 aromatic rings. The normalized spacial score (nSPS) is 12.5. The van der Waals surface area contributed by atoms with Crippen LogP contribution >= 0.6 is 0 Å². The molecule has 13 heavy (non-hydrogen) atoms. The van der Waals surface area contributed by atoms with Crippen LogP contribution in [0.2, 0.25) is 0 Å². The first kappa shape index (κ1) is 12.2. The van der Waals surface area contributed by atoms with E-state index in [9.17, 15) is 9.90 Å². The number of hydrogen-bond acceptors (Lipinski definition) is 3. The van der Waals surface area contributed by atoms with E-state index >= 15 is 0 Å². The van der Waals surface area contributed by atoms with E-state index in [1.165, 1.54) is 0 Å². The Morgan fingerprint density at radius 3 is 2.08 bits per heavy atom. The molecule has 0 aliphatic carbocycles. The highest BCUT2D eigenvalue weighted by molar-refractivity contribution is 5.68. The summed E-state index contributed by atoms with van der Waals surface area (Å²) in [6.07, 6.45) is -0.505. The zero-order chi connectivity index (χ0) is 10.7. The van der Waals surface area contributed by atoms with Crippen molar-refractivity contribution in [2.45, 2.75) is 45.8 Å². The largest absolute Gasteiger partial charge is 0.447 e. The third-order valence-corrected chi connectivity index (χ3v) is 1.03. The number of carbonyl (C=O) groups excluding carboxylic acids is 1. The molecule has 0 radical (unpaired) electrons. The molecule has 0 aromatic heterocycles. The number of aliphatic hydroxyl groups is 1. The second-order valence-electron chi connectivity index (χ2n) is 4.76. The van der Waals surface area contributed by atoms with Gasteiger partial charge in [-0.15, -0.1) is 0 Å². The zero-order valence-corrected chi connectivity index (χ0v) is 8.97. The van der Waals surface area contributed by atoms with Crippen LogP contribution in [0.5, 0.6) is 0 Å². The Labute approximate surface area is 79.3 Å². The fraction of sp³-hybridized carbons (Fsp3) is 0.889. The van der Waals surface area contributed by atoms with Crippen molar-refractivity contribution in [3.8, 4) is 0 Å². The van der Waals surface area contributed by atoms with Gasteiger partial charge in [-0.1, -0.05) is 0 Å². The maximum atomic E-state index is 11.1. The van der Waals surface area contributed by atoms with Crippen LogP contribution in [0, 0.1) is 0 Å². The van der Waals surface area contributed by atoms with Crippen molar-refractivity contribution in [1.29, 1.82) is 0 Å². The minimum absolute atomic E-state index is 0.00505. The number of ether oxygens (including phenoxy) is 1. The van der Waals surface area contributed by atoms with Gasteiger partial charge in [-0.3, -0.25) is 0 Å². The molecule has 0 unspecified atom stereocenters. The van der Waals surface area contributed by atoms with E-state index in [-0.39, 0.29) is 12.1 Å². The minimum atomic E-state index is -0.977. The van der Waals surface area contributed by atoms with Crippen molar-refractivity contribution in [3.63, 3.8) is 0 Å². The van der Waals surface area contributed by atoms with Crippen molar-refractivity contribution < 1.29 is 14.6 Å². The average molecular weight is 189 g/mol. The molecule has 0 aliphatic rings. The van der Waals surface area contributed by atoms with Crippen LogP contribution < -0.4 is 5.32 Å². The molecule has 0 heterocycles. The number of hydrogen-bond donors (Lipinski definition) is 2. The van der Waals surface area contributed by atoms with Crippen molar-refractivity contribution >= 4 is 6.09 Å². The SMILES string of the molecule is CC(C)(O)COC(=O)NC(C)(C)C. The topological polar surface area (TPSA) is 58.6 Å². The molecule has 0 saturated heterocycles. The standard InChI is InChI=1S/C9H19NO3/c1-8(2,3)10-7(11)13-6-9(4,5)12/h12H,6H2,1-5H3,(H,10,11). The Hall–Kier alpha value is -0.770. The molecule has 1 amide bonds. The summed E-state index contributed by atoms with van der Waals surface area (Å²) in [4.78, 5) is 11.1. The Bertz CT molecular complexity index is 176. The predicted octanol–water partition coefficient (Wildman–Crippen LogP) is 1.28. The summed E-state index contributed by atoms with van der Waals surface area (Å²) in [5.41, 5.74) is -1.29. The highest BCUT2D eigenvalue weighted by Crippen LogP contribution is 2.03. The van der Waals surface area contributed by atoms with E-state index in [1.54, 1.807) is 13.8 Å². The first-order chi connectivity index (χ1) is 5.60. The van der Waals surface area contributed by atoms with Crippen LogP contribution in [0.1, 0.15) is 34.6 Å². The van der Waals surface area contributed by atoms with Crippen molar-refractivity contribution in [1.82, 2.24) is 5.32 Å². The summed E-state index contributed by atoms with van der Waals surface area (Å²) >= 11 is 0. The van der Waals surface area contributed by atoms with Crippen LogP contribution in [-0.2, 0) is 4.74 Å². The van der Waals surface area contributed by atoms with Crippen LogP contribution in [0.25, 0.3) is 0 Å². The van der Waals surface area contributed by atoms with Gasteiger partial charge in [0.2, 0.25) is 0 Å². The lowest BCUT2D eigenvalue weighted by Crippen LogP contribution is -2.42. The van der Waals surface area contributed by atoms with Crippen molar-refractivity contribution in [2.24, 2.45) is 0 Å². The van der Waals surface area contributed by atoms with Gasteiger partial charge in [0.15, 0.2) is 0 Å². The fourth-order valence-electron chi connectivity index (χ4n) is 0.584. The lowest BCUT2D eigenvalue weighted by molar-refractivity contribution is 0.00528. The fourth-order valence-corrected chi connectivity index (χ4v) is 0.584. The average Bonchev–Trinajstić information content (AvgIpc) is 1.78. The van der Waals surface area contributed by atoms with Crippen LogP contribution in [-0.4, -0.2) is 28.9 Å². The second-order valence-corrected chi connectivity index (χ2v) is 4.76. The maximum Gasteiger partial charge on any atom is 0.407 e. The molecule has 0 aromatic carbocycles. The van der Waals surface area contributed by atoms with Gasteiger partial charge in [0.05, 0.1) is 5.60 Å². The zero-order valence-electron chi connectivity index (χ0n) is 8.97. The van der Waals surface area contributed by atoms with E-state index in [0.29, 0.717) is 0 Å². The van der Waals surface area contributed by atoms with E-state index in [4.69, 9.17) is 4.74 Å². The van der Waals surface area contributed by atoms with Gasteiger partial charge in [-0.05, 0) is 34.6 Å². The van der Waals surface area contributed by atoms with Gasteiger partial charge in [0.25, 0.3) is 0 Å². The highest BCUT2D eigenvalue weighted by Gasteiger charge is 2.18. The number of nitrogens with one attached hydrogen (secondary N) is 1. The van der Waals surface area contributed by atoms with Gasteiger partial charge in [0, 0.05) is 5.54 Å². The summed E-state index contributed by atoms with van der Waals surface area (Å²) in [5.74, 6) is 0. The number of alkyl carbamates (subject to hydrolysis) is 1. The molecule has 4 heteroatoms. The number of amides is 1. The molecular formula is C9H19NO3. The Balaban J connectivity index is 3.78.